The van der Waals surface area contributed by atoms with Crippen molar-refractivity contribution in [1.29, 1.82) is 0 Å². The predicted octanol–water partition coefficient (Wildman–Crippen LogP) is 6.03. The molecule has 3 nitrogen and oxygen atoms in total. The maximum atomic E-state index is 12.4. The van der Waals surface area contributed by atoms with Gasteiger partial charge in [-0.3, -0.25) is 4.98 Å². The molecule has 2 aromatic rings. The van der Waals surface area contributed by atoms with Gasteiger partial charge in [-0.15, -0.1) is 11.6 Å². The summed E-state index contributed by atoms with van der Waals surface area (Å²) >= 11 is 7.37. The molecule has 5 unspecified atom stereocenters. The number of fused-ring (bicyclic) bond motifs is 5. The van der Waals surface area contributed by atoms with Crippen LogP contribution in [0.15, 0.2) is 54.4 Å². The monoisotopic (exact) mass is 449 g/mol. The molecule has 4 heteroatoms. The number of allylic oxidation sites excluding steroid dienone is 2. The zero-order valence-electron chi connectivity index (χ0n) is 18.7. The van der Waals surface area contributed by atoms with Gasteiger partial charge in [0.15, 0.2) is 0 Å². The summed E-state index contributed by atoms with van der Waals surface area (Å²) in [4.78, 5) is 3.56. The standard InChI is InChI=1S/C28H32ClNO2/c1-26-12-13-27(29)16-20-15-21(31)6-5-18(20)9-11-28(27,32)25(26)8-7-24(26)23-4-2-3-19-17-30-14-10-22(19)23/h2-4,7,10,14,16-18,21,25,31-32H,5-6,8-9,11-13,15H2,1H3/t18?,21?,25?,26?,27?,28-/m0/s1. The van der Waals surface area contributed by atoms with Crippen LogP contribution in [-0.4, -0.2) is 31.8 Å². The zero-order valence-corrected chi connectivity index (χ0v) is 19.5. The fourth-order valence-corrected chi connectivity index (χ4v) is 8.02. The fourth-order valence-electron chi connectivity index (χ4n) is 7.56. The predicted molar refractivity (Wildman–Crippen MR) is 129 cm³/mol. The first-order valence-corrected chi connectivity index (χ1v) is 12.6. The second-order valence-corrected chi connectivity index (χ2v) is 11.6. The summed E-state index contributed by atoms with van der Waals surface area (Å²) in [5, 5.41) is 25.0. The number of aliphatic hydroxyl groups excluding tert-OH is 1. The maximum Gasteiger partial charge on any atom is 0.0918 e. The van der Waals surface area contributed by atoms with Crippen LogP contribution in [-0.2, 0) is 0 Å². The molecule has 1 aromatic carbocycles. The van der Waals surface area contributed by atoms with Crippen molar-refractivity contribution in [2.24, 2.45) is 17.3 Å². The first-order chi connectivity index (χ1) is 15.3. The van der Waals surface area contributed by atoms with Crippen molar-refractivity contribution in [1.82, 2.24) is 4.98 Å². The quantitative estimate of drug-likeness (QED) is 0.413. The molecule has 32 heavy (non-hydrogen) atoms. The Morgan fingerprint density at radius 1 is 1.09 bits per heavy atom. The van der Waals surface area contributed by atoms with E-state index in [1.807, 2.05) is 12.4 Å². The minimum atomic E-state index is -0.943. The second kappa shape index (κ2) is 7.16. The highest BCUT2D eigenvalue weighted by molar-refractivity contribution is 6.26. The van der Waals surface area contributed by atoms with Gasteiger partial charge < -0.3 is 10.2 Å². The number of aliphatic hydroxyl groups is 2. The molecule has 4 aliphatic rings. The highest BCUT2D eigenvalue weighted by Crippen LogP contribution is 2.66. The summed E-state index contributed by atoms with van der Waals surface area (Å²) in [6.45, 7) is 2.35. The van der Waals surface area contributed by atoms with Gasteiger partial charge in [0, 0.05) is 23.7 Å². The van der Waals surface area contributed by atoms with E-state index in [9.17, 15) is 10.2 Å². The minimum absolute atomic E-state index is 0.0928. The molecule has 1 aromatic heterocycles. The third-order valence-electron chi connectivity index (χ3n) is 9.35. The number of rotatable bonds is 1. The van der Waals surface area contributed by atoms with Crippen LogP contribution in [0.2, 0.25) is 0 Å². The summed E-state index contributed by atoms with van der Waals surface area (Å²) in [7, 11) is 0. The van der Waals surface area contributed by atoms with Gasteiger partial charge >= 0.3 is 0 Å². The largest absolute Gasteiger partial charge is 0.393 e. The summed E-state index contributed by atoms with van der Waals surface area (Å²) in [5.74, 6) is 0.546. The van der Waals surface area contributed by atoms with Gasteiger partial charge in [0.25, 0.3) is 0 Å². The molecule has 6 atom stereocenters. The third kappa shape index (κ3) is 2.84. The molecule has 0 spiro atoms. The highest BCUT2D eigenvalue weighted by atomic mass is 35.5. The van der Waals surface area contributed by atoms with Crippen LogP contribution < -0.4 is 0 Å². The summed E-state index contributed by atoms with van der Waals surface area (Å²) in [6.07, 6.45) is 14.9. The molecular weight excluding hydrogens is 418 g/mol. The summed E-state index contributed by atoms with van der Waals surface area (Å²) in [6, 6.07) is 8.57. The molecule has 6 rings (SSSR count). The lowest BCUT2D eigenvalue weighted by molar-refractivity contribution is -0.106. The molecule has 168 valence electrons. The van der Waals surface area contributed by atoms with Crippen LogP contribution in [0.3, 0.4) is 0 Å². The SMILES string of the molecule is CC12CCC3(Cl)C=C4CC(O)CCC4CC[C@]3(O)C1CC=C2c1cccc2cnccc12. The smallest absolute Gasteiger partial charge is 0.0918 e. The molecule has 0 amide bonds. The molecule has 0 aliphatic heterocycles. The lowest BCUT2D eigenvalue weighted by Gasteiger charge is -2.56. The molecular formula is C28H32ClNO2. The van der Waals surface area contributed by atoms with Gasteiger partial charge in [-0.2, -0.15) is 0 Å². The van der Waals surface area contributed by atoms with Crippen LogP contribution in [0.25, 0.3) is 16.3 Å². The van der Waals surface area contributed by atoms with Gasteiger partial charge in [0.2, 0.25) is 0 Å². The molecule has 0 radical (unpaired) electrons. The van der Waals surface area contributed by atoms with Crippen molar-refractivity contribution in [2.45, 2.75) is 74.9 Å². The molecule has 0 saturated heterocycles. The average Bonchev–Trinajstić information content (AvgIpc) is 3.08. The first-order valence-electron chi connectivity index (χ1n) is 12.2. The van der Waals surface area contributed by atoms with E-state index < -0.39 is 10.5 Å². The maximum absolute atomic E-state index is 12.4. The molecule has 0 bridgehead atoms. The van der Waals surface area contributed by atoms with E-state index in [1.165, 1.54) is 22.1 Å². The van der Waals surface area contributed by atoms with Gasteiger partial charge in [-0.05, 0) is 85.3 Å². The number of halogens is 1. The summed E-state index contributed by atoms with van der Waals surface area (Å²) in [5.41, 5.74) is 2.85. The molecule has 2 fully saturated rings. The first kappa shape index (κ1) is 20.9. The van der Waals surface area contributed by atoms with E-state index in [0.29, 0.717) is 12.3 Å². The number of hydrogen-bond acceptors (Lipinski definition) is 3. The molecule has 1 heterocycles. The average molecular weight is 450 g/mol. The number of aromatic nitrogens is 1. The van der Waals surface area contributed by atoms with Crippen LogP contribution in [0.1, 0.15) is 63.9 Å². The Balaban J connectivity index is 1.41. The van der Waals surface area contributed by atoms with Crippen molar-refractivity contribution in [3.8, 4) is 0 Å². The van der Waals surface area contributed by atoms with Gasteiger partial charge in [-0.25, -0.2) is 0 Å². The van der Waals surface area contributed by atoms with Crippen molar-refractivity contribution in [2.75, 3.05) is 0 Å². The van der Waals surface area contributed by atoms with Crippen molar-refractivity contribution < 1.29 is 10.2 Å². The van der Waals surface area contributed by atoms with Gasteiger partial charge in [-0.1, -0.05) is 42.8 Å². The molecule has 4 aliphatic carbocycles. The molecule has 2 N–H and O–H groups in total. The van der Waals surface area contributed by atoms with E-state index >= 15 is 0 Å². The van der Waals surface area contributed by atoms with E-state index in [-0.39, 0.29) is 17.4 Å². The van der Waals surface area contributed by atoms with Gasteiger partial charge in [0.1, 0.15) is 0 Å². The van der Waals surface area contributed by atoms with Gasteiger partial charge in [0.05, 0.1) is 16.6 Å². The number of benzene rings is 1. The van der Waals surface area contributed by atoms with E-state index in [4.69, 9.17) is 11.6 Å². The Labute approximate surface area is 195 Å². The van der Waals surface area contributed by atoms with Crippen molar-refractivity contribution >= 4 is 27.9 Å². The number of pyridine rings is 1. The lowest BCUT2D eigenvalue weighted by atomic mass is 9.54. The zero-order chi connectivity index (χ0) is 22.1. The normalized spacial score (nSPS) is 41.2. The van der Waals surface area contributed by atoms with E-state index in [0.717, 1.165) is 50.3 Å². The Kier molecular flexibility index (Phi) is 4.67. The highest BCUT2D eigenvalue weighted by Gasteiger charge is 2.64. The van der Waals surface area contributed by atoms with Crippen LogP contribution >= 0.6 is 11.6 Å². The second-order valence-electron chi connectivity index (χ2n) is 10.9. The Bertz CT molecular complexity index is 1140. The van der Waals surface area contributed by atoms with Crippen molar-refractivity contribution in [3.05, 3.63) is 59.9 Å². The number of nitrogens with zero attached hydrogens (tertiary/aromatic N) is 1. The van der Waals surface area contributed by atoms with Crippen molar-refractivity contribution in [3.63, 3.8) is 0 Å². The third-order valence-corrected chi connectivity index (χ3v) is 9.97. The van der Waals surface area contributed by atoms with E-state index in [2.05, 4.69) is 48.3 Å². The van der Waals surface area contributed by atoms with E-state index in [1.54, 1.807) is 0 Å². The van der Waals surface area contributed by atoms with Crippen LogP contribution in [0, 0.1) is 17.3 Å². The lowest BCUT2D eigenvalue weighted by Crippen LogP contribution is -2.61. The minimum Gasteiger partial charge on any atom is -0.393 e. The summed E-state index contributed by atoms with van der Waals surface area (Å²) < 4.78 is 0. The van der Waals surface area contributed by atoms with Crippen LogP contribution in [0.4, 0.5) is 0 Å². The Hall–Kier alpha value is -1.68. The number of hydrogen-bond donors (Lipinski definition) is 2. The molecule has 2 saturated carbocycles. The Morgan fingerprint density at radius 2 is 1.97 bits per heavy atom. The number of alkyl halides is 1. The fraction of sp³-hybridized carbons (Fsp3) is 0.536. The topological polar surface area (TPSA) is 53.4 Å². The Morgan fingerprint density at radius 3 is 2.84 bits per heavy atom. The van der Waals surface area contributed by atoms with Crippen LogP contribution in [0.5, 0.6) is 0 Å².